The van der Waals surface area contributed by atoms with Crippen molar-refractivity contribution in [1.29, 1.82) is 0 Å². The van der Waals surface area contributed by atoms with Crippen molar-refractivity contribution in [3.8, 4) is 5.75 Å². The highest BCUT2D eigenvalue weighted by atomic mass is 35.5. The molecule has 0 bridgehead atoms. The SMILES string of the molecule is O=C(CNC(=O)c1ccc(Cl)cc1Cl)OCc1cc([N+](=O)[O-])cc2c1OCOC2. The van der Waals surface area contributed by atoms with E-state index < -0.39 is 23.3 Å². The highest BCUT2D eigenvalue weighted by Crippen LogP contribution is 2.33. The van der Waals surface area contributed by atoms with Crippen LogP contribution in [0.2, 0.25) is 10.0 Å². The van der Waals surface area contributed by atoms with E-state index in [1.165, 1.54) is 30.3 Å². The summed E-state index contributed by atoms with van der Waals surface area (Å²) in [6.07, 6.45) is 0. The van der Waals surface area contributed by atoms with Gasteiger partial charge in [0.05, 0.1) is 22.1 Å². The molecule has 0 atom stereocenters. The second kappa shape index (κ2) is 9.08. The van der Waals surface area contributed by atoms with Crippen LogP contribution in [0.3, 0.4) is 0 Å². The van der Waals surface area contributed by atoms with Crippen LogP contribution in [0.5, 0.6) is 5.75 Å². The lowest BCUT2D eigenvalue weighted by Gasteiger charge is -2.20. The number of ether oxygens (including phenoxy) is 3. The Morgan fingerprint density at radius 1 is 1.24 bits per heavy atom. The number of nitro benzene ring substituents is 1. The van der Waals surface area contributed by atoms with Crippen LogP contribution >= 0.6 is 23.2 Å². The van der Waals surface area contributed by atoms with E-state index in [2.05, 4.69) is 5.32 Å². The van der Waals surface area contributed by atoms with Crippen LogP contribution in [-0.2, 0) is 27.5 Å². The maximum absolute atomic E-state index is 12.1. The molecule has 1 aliphatic heterocycles. The van der Waals surface area contributed by atoms with Crippen molar-refractivity contribution >= 4 is 40.8 Å². The van der Waals surface area contributed by atoms with E-state index in [0.717, 1.165) is 0 Å². The monoisotopic (exact) mass is 440 g/mol. The molecule has 29 heavy (non-hydrogen) atoms. The number of rotatable bonds is 6. The van der Waals surface area contributed by atoms with Crippen LogP contribution in [0, 0.1) is 10.1 Å². The van der Waals surface area contributed by atoms with Crippen molar-refractivity contribution in [2.45, 2.75) is 13.2 Å². The summed E-state index contributed by atoms with van der Waals surface area (Å²) in [6, 6.07) is 6.95. The summed E-state index contributed by atoms with van der Waals surface area (Å²) in [5.74, 6) is -0.931. The van der Waals surface area contributed by atoms with E-state index in [9.17, 15) is 19.7 Å². The smallest absolute Gasteiger partial charge is 0.325 e. The first kappa shape index (κ1) is 20.8. The number of carbonyl (C=O) groups is 2. The molecule has 0 saturated heterocycles. The zero-order valence-electron chi connectivity index (χ0n) is 14.8. The van der Waals surface area contributed by atoms with Gasteiger partial charge in [0.1, 0.15) is 18.9 Å². The number of hydrogen-bond acceptors (Lipinski definition) is 7. The lowest BCUT2D eigenvalue weighted by atomic mass is 10.1. The number of nitrogens with zero attached hydrogens (tertiary/aromatic N) is 1. The van der Waals surface area contributed by atoms with Gasteiger partial charge in [0.2, 0.25) is 0 Å². The minimum Gasteiger partial charge on any atom is -0.467 e. The van der Waals surface area contributed by atoms with Gasteiger partial charge >= 0.3 is 5.97 Å². The molecule has 0 aliphatic carbocycles. The maximum atomic E-state index is 12.1. The van der Waals surface area contributed by atoms with Gasteiger partial charge in [0, 0.05) is 28.3 Å². The Morgan fingerprint density at radius 3 is 2.76 bits per heavy atom. The molecule has 152 valence electrons. The van der Waals surface area contributed by atoms with Gasteiger partial charge in [-0.3, -0.25) is 19.7 Å². The van der Waals surface area contributed by atoms with E-state index in [1.807, 2.05) is 0 Å². The van der Waals surface area contributed by atoms with Gasteiger partial charge in [-0.25, -0.2) is 0 Å². The summed E-state index contributed by atoms with van der Waals surface area (Å²) >= 11 is 11.7. The minimum absolute atomic E-state index is 0.0103. The molecular weight excluding hydrogens is 427 g/mol. The first-order chi connectivity index (χ1) is 13.8. The van der Waals surface area contributed by atoms with Gasteiger partial charge in [-0.05, 0) is 18.2 Å². The van der Waals surface area contributed by atoms with Crippen LogP contribution in [0.25, 0.3) is 0 Å². The van der Waals surface area contributed by atoms with Crippen LogP contribution in [0.15, 0.2) is 30.3 Å². The van der Waals surface area contributed by atoms with E-state index >= 15 is 0 Å². The number of halogens is 2. The number of non-ortho nitro benzene ring substituents is 1. The summed E-state index contributed by atoms with van der Waals surface area (Å²) in [4.78, 5) is 34.6. The molecule has 1 aliphatic rings. The molecular formula is C18H14Cl2N2O7. The van der Waals surface area contributed by atoms with Gasteiger partial charge in [-0.2, -0.15) is 0 Å². The van der Waals surface area contributed by atoms with Crippen molar-refractivity contribution in [3.05, 3.63) is 67.2 Å². The summed E-state index contributed by atoms with van der Waals surface area (Å²) in [5.41, 5.74) is 0.805. The summed E-state index contributed by atoms with van der Waals surface area (Å²) < 4.78 is 15.6. The fourth-order valence-electron chi connectivity index (χ4n) is 2.62. The summed E-state index contributed by atoms with van der Waals surface area (Å²) in [6.45, 7) is -0.543. The van der Waals surface area contributed by atoms with Crippen LogP contribution in [-0.4, -0.2) is 30.1 Å². The fraction of sp³-hybridized carbons (Fsp3) is 0.222. The molecule has 11 heteroatoms. The van der Waals surface area contributed by atoms with Gasteiger partial charge in [0.25, 0.3) is 11.6 Å². The number of carbonyl (C=O) groups excluding carboxylic acids is 2. The molecule has 0 radical (unpaired) electrons. The number of benzene rings is 2. The molecule has 0 saturated carbocycles. The number of esters is 1. The van der Waals surface area contributed by atoms with Gasteiger partial charge in [-0.15, -0.1) is 0 Å². The molecule has 2 aromatic rings. The zero-order chi connectivity index (χ0) is 21.0. The highest BCUT2D eigenvalue weighted by molar-refractivity contribution is 6.36. The number of hydrogen-bond donors (Lipinski definition) is 1. The van der Waals surface area contributed by atoms with Crippen molar-refractivity contribution in [3.63, 3.8) is 0 Å². The quantitative estimate of drug-likeness (QED) is 0.416. The Balaban J connectivity index is 1.61. The topological polar surface area (TPSA) is 117 Å². The highest BCUT2D eigenvalue weighted by Gasteiger charge is 2.22. The predicted molar refractivity (Wildman–Crippen MR) is 102 cm³/mol. The molecule has 0 fully saturated rings. The summed E-state index contributed by atoms with van der Waals surface area (Å²) in [5, 5.41) is 14.0. The number of fused-ring (bicyclic) bond motifs is 1. The lowest BCUT2D eigenvalue weighted by molar-refractivity contribution is -0.385. The van der Waals surface area contributed by atoms with E-state index in [0.29, 0.717) is 21.9 Å². The minimum atomic E-state index is -0.740. The summed E-state index contributed by atoms with van der Waals surface area (Å²) in [7, 11) is 0. The Hall–Kier alpha value is -2.88. The molecule has 0 unspecified atom stereocenters. The Labute approximate surface area is 174 Å². The van der Waals surface area contributed by atoms with E-state index in [-0.39, 0.29) is 36.3 Å². The molecule has 9 nitrogen and oxygen atoms in total. The van der Waals surface area contributed by atoms with E-state index in [4.69, 9.17) is 37.4 Å². The van der Waals surface area contributed by atoms with Gasteiger partial charge < -0.3 is 19.5 Å². The van der Waals surface area contributed by atoms with Crippen molar-refractivity contribution < 1.29 is 28.7 Å². The Kier molecular flexibility index (Phi) is 6.53. The molecule has 0 spiro atoms. The average Bonchev–Trinajstić information content (AvgIpc) is 2.69. The third kappa shape index (κ3) is 5.14. The fourth-order valence-corrected chi connectivity index (χ4v) is 3.12. The van der Waals surface area contributed by atoms with Crippen LogP contribution in [0.4, 0.5) is 5.69 Å². The van der Waals surface area contributed by atoms with Crippen LogP contribution < -0.4 is 10.1 Å². The Bertz CT molecular complexity index is 981. The first-order valence-corrected chi connectivity index (χ1v) is 9.00. The normalized spacial score (nSPS) is 12.5. The van der Waals surface area contributed by atoms with Crippen molar-refractivity contribution in [2.24, 2.45) is 0 Å². The predicted octanol–water partition coefficient (Wildman–Crippen LogP) is 3.24. The maximum Gasteiger partial charge on any atom is 0.325 e. The molecule has 1 N–H and O–H groups in total. The zero-order valence-corrected chi connectivity index (χ0v) is 16.3. The lowest BCUT2D eigenvalue weighted by Crippen LogP contribution is -2.30. The molecule has 1 amide bonds. The van der Waals surface area contributed by atoms with E-state index in [1.54, 1.807) is 0 Å². The molecule has 0 aromatic heterocycles. The molecule has 3 rings (SSSR count). The van der Waals surface area contributed by atoms with Crippen LogP contribution in [0.1, 0.15) is 21.5 Å². The standard InChI is InChI=1S/C18H14Cl2N2O7/c19-12-1-2-14(15(20)5-12)18(24)21-6-16(23)28-8-11-4-13(22(25)26)3-10-7-27-9-29-17(10)11/h1-5H,6-9H2,(H,21,24). The first-order valence-electron chi connectivity index (χ1n) is 8.24. The molecule has 2 aromatic carbocycles. The Morgan fingerprint density at radius 2 is 2.03 bits per heavy atom. The largest absolute Gasteiger partial charge is 0.467 e. The van der Waals surface area contributed by atoms with Crippen molar-refractivity contribution in [2.75, 3.05) is 13.3 Å². The molecule has 1 heterocycles. The number of nitrogens with one attached hydrogen (secondary N) is 1. The average molecular weight is 441 g/mol. The third-order valence-electron chi connectivity index (χ3n) is 3.94. The second-order valence-corrected chi connectivity index (χ2v) is 6.77. The third-order valence-corrected chi connectivity index (χ3v) is 4.49. The van der Waals surface area contributed by atoms with Crippen molar-refractivity contribution in [1.82, 2.24) is 5.32 Å². The second-order valence-electron chi connectivity index (χ2n) is 5.93. The van der Waals surface area contributed by atoms with Gasteiger partial charge in [0.15, 0.2) is 6.79 Å². The number of nitro groups is 1. The van der Waals surface area contributed by atoms with Gasteiger partial charge in [-0.1, -0.05) is 23.2 Å². The number of amides is 1.